The Hall–Kier alpha value is -1.48. The number of ether oxygens (including phenoxy) is 1. The number of hydrogen-bond acceptors (Lipinski definition) is 6. The zero-order chi connectivity index (χ0) is 14.2. The fourth-order valence-electron chi connectivity index (χ4n) is 2.38. The maximum Gasteiger partial charge on any atom is 0.330 e. The Bertz CT molecular complexity index is 552. The lowest BCUT2D eigenvalue weighted by Crippen LogP contribution is -2.45. The van der Waals surface area contributed by atoms with Gasteiger partial charge in [0.2, 0.25) is 0 Å². The summed E-state index contributed by atoms with van der Waals surface area (Å²) >= 11 is 0. The van der Waals surface area contributed by atoms with Crippen molar-refractivity contribution in [2.24, 2.45) is 0 Å². The number of nitrogens with zero attached hydrogens (tertiary/aromatic N) is 2. The van der Waals surface area contributed by atoms with E-state index < -0.39 is 35.7 Å². The number of aliphatic hydroxyl groups excluding tert-OH is 2. The molecule has 2 rings (SSSR count). The van der Waals surface area contributed by atoms with Crippen molar-refractivity contribution in [2.45, 2.75) is 24.5 Å². The van der Waals surface area contributed by atoms with Gasteiger partial charge in [0.25, 0.3) is 5.56 Å². The van der Waals surface area contributed by atoms with Gasteiger partial charge in [-0.05, 0) is 14.1 Å². The topological polar surface area (TPSA) is 108 Å². The summed E-state index contributed by atoms with van der Waals surface area (Å²) in [4.78, 5) is 26.5. The van der Waals surface area contributed by atoms with Crippen molar-refractivity contribution in [3.05, 3.63) is 33.1 Å². The van der Waals surface area contributed by atoms with Crippen molar-refractivity contribution in [1.29, 1.82) is 0 Å². The first kappa shape index (κ1) is 13.9. The third-order valence-electron chi connectivity index (χ3n) is 3.24. The van der Waals surface area contributed by atoms with Gasteiger partial charge in [-0.3, -0.25) is 14.3 Å². The summed E-state index contributed by atoms with van der Waals surface area (Å²) < 4.78 is 6.61. The molecule has 0 aromatic carbocycles. The molecule has 4 atom stereocenters. The van der Waals surface area contributed by atoms with Gasteiger partial charge < -0.3 is 19.8 Å². The summed E-state index contributed by atoms with van der Waals surface area (Å²) in [6.45, 7) is -0.269. The van der Waals surface area contributed by atoms with E-state index in [-0.39, 0.29) is 6.61 Å². The van der Waals surface area contributed by atoms with Gasteiger partial charge in [-0.2, -0.15) is 0 Å². The molecule has 1 aliphatic heterocycles. The molecule has 19 heavy (non-hydrogen) atoms. The molecule has 1 saturated heterocycles. The SMILES string of the molecule is CN(C)[C@H]1[C@H](O)[C@H](n2ccc(=O)[nH]c2=O)O[C@@H]1CO. The molecule has 0 amide bonds. The van der Waals surface area contributed by atoms with Crippen molar-refractivity contribution in [2.75, 3.05) is 20.7 Å². The predicted octanol–water partition coefficient (Wildman–Crippen LogP) is -2.28. The summed E-state index contributed by atoms with van der Waals surface area (Å²) in [6, 6.07) is 0.739. The number of likely N-dealkylation sites (N-methyl/N-ethyl adjacent to an activating group) is 1. The third-order valence-corrected chi connectivity index (χ3v) is 3.24. The molecule has 0 aliphatic carbocycles. The first-order chi connectivity index (χ1) is 8.95. The van der Waals surface area contributed by atoms with Crippen LogP contribution >= 0.6 is 0 Å². The Balaban J connectivity index is 2.36. The van der Waals surface area contributed by atoms with Crippen LogP contribution in [-0.4, -0.2) is 63.6 Å². The van der Waals surface area contributed by atoms with Crippen LogP contribution in [0.15, 0.2) is 21.9 Å². The molecule has 0 unspecified atom stereocenters. The minimum Gasteiger partial charge on any atom is -0.394 e. The molecule has 2 heterocycles. The van der Waals surface area contributed by atoms with Crippen LogP contribution in [0.2, 0.25) is 0 Å². The van der Waals surface area contributed by atoms with E-state index >= 15 is 0 Å². The summed E-state index contributed by atoms with van der Waals surface area (Å²) in [5.41, 5.74) is -1.18. The normalized spacial score (nSPS) is 31.0. The number of hydrogen-bond donors (Lipinski definition) is 3. The minimum absolute atomic E-state index is 0.269. The van der Waals surface area contributed by atoms with Gasteiger partial charge in [0.05, 0.1) is 12.6 Å². The zero-order valence-corrected chi connectivity index (χ0v) is 10.7. The number of nitrogens with one attached hydrogen (secondary N) is 1. The van der Waals surface area contributed by atoms with Crippen LogP contribution in [0.4, 0.5) is 0 Å². The van der Waals surface area contributed by atoms with E-state index in [1.807, 2.05) is 0 Å². The van der Waals surface area contributed by atoms with Crippen molar-refractivity contribution in [3.63, 3.8) is 0 Å². The Kier molecular flexibility index (Phi) is 3.85. The molecule has 1 fully saturated rings. The highest BCUT2D eigenvalue weighted by Crippen LogP contribution is 2.30. The highest BCUT2D eigenvalue weighted by Gasteiger charge is 2.45. The molecular weight excluding hydrogens is 254 g/mol. The molecule has 0 radical (unpaired) electrons. The molecule has 0 saturated carbocycles. The van der Waals surface area contributed by atoms with E-state index in [0.29, 0.717) is 0 Å². The number of aliphatic hydroxyl groups is 2. The van der Waals surface area contributed by atoms with Gasteiger partial charge in [-0.15, -0.1) is 0 Å². The van der Waals surface area contributed by atoms with Crippen molar-refractivity contribution >= 4 is 0 Å². The van der Waals surface area contributed by atoms with Crippen LogP contribution in [0, 0.1) is 0 Å². The van der Waals surface area contributed by atoms with E-state index in [4.69, 9.17) is 4.74 Å². The monoisotopic (exact) mass is 271 g/mol. The fraction of sp³-hybridized carbons (Fsp3) is 0.636. The maximum atomic E-state index is 11.7. The molecule has 8 nitrogen and oxygen atoms in total. The average Bonchev–Trinajstić information content (AvgIpc) is 2.66. The van der Waals surface area contributed by atoms with Crippen LogP contribution in [0.5, 0.6) is 0 Å². The van der Waals surface area contributed by atoms with E-state index in [1.165, 1.54) is 12.3 Å². The average molecular weight is 271 g/mol. The smallest absolute Gasteiger partial charge is 0.330 e. The van der Waals surface area contributed by atoms with E-state index in [0.717, 1.165) is 4.57 Å². The first-order valence-corrected chi connectivity index (χ1v) is 5.88. The van der Waals surface area contributed by atoms with Gasteiger partial charge in [0.1, 0.15) is 12.2 Å². The Morgan fingerprint density at radius 1 is 1.47 bits per heavy atom. The summed E-state index contributed by atoms with van der Waals surface area (Å²) in [6.07, 6.45) is -1.26. The lowest BCUT2D eigenvalue weighted by Gasteiger charge is -2.25. The van der Waals surface area contributed by atoms with E-state index in [1.54, 1.807) is 19.0 Å². The van der Waals surface area contributed by atoms with Crippen LogP contribution in [0.3, 0.4) is 0 Å². The Labute approximate surface area is 108 Å². The standard InChI is InChI=1S/C11H17N3O5/c1-13(2)8-6(5-15)19-10(9(8)17)14-4-3-7(16)12-11(14)18/h3-4,6,8-10,15,17H,5H2,1-2H3,(H,12,16,18)/t6-,8-,9+,10-/m1/s1. The molecule has 0 spiro atoms. The third kappa shape index (κ3) is 2.47. The fourth-order valence-corrected chi connectivity index (χ4v) is 2.38. The van der Waals surface area contributed by atoms with E-state index in [9.17, 15) is 19.8 Å². The quantitative estimate of drug-likeness (QED) is 0.571. The molecule has 106 valence electrons. The molecule has 1 aromatic heterocycles. The molecule has 8 heteroatoms. The lowest BCUT2D eigenvalue weighted by atomic mass is 10.1. The highest BCUT2D eigenvalue weighted by molar-refractivity contribution is 4.96. The second-order valence-corrected chi connectivity index (χ2v) is 4.71. The number of aromatic amines is 1. The van der Waals surface area contributed by atoms with Crippen LogP contribution < -0.4 is 11.2 Å². The lowest BCUT2D eigenvalue weighted by molar-refractivity contribution is -0.0537. The number of rotatable bonds is 3. The van der Waals surface area contributed by atoms with Gasteiger partial charge in [-0.25, -0.2) is 4.79 Å². The number of H-pyrrole nitrogens is 1. The Morgan fingerprint density at radius 2 is 2.16 bits per heavy atom. The second-order valence-electron chi connectivity index (χ2n) is 4.71. The van der Waals surface area contributed by atoms with Crippen LogP contribution in [0.25, 0.3) is 0 Å². The van der Waals surface area contributed by atoms with Crippen molar-refractivity contribution < 1.29 is 14.9 Å². The molecule has 1 aliphatic rings. The second kappa shape index (κ2) is 5.25. The summed E-state index contributed by atoms with van der Waals surface area (Å²) in [5.74, 6) is 0. The molecule has 0 bridgehead atoms. The maximum absolute atomic E-state index is 11.7. The largest absolute Gasteiger partial charge is 0.394 e. The van der Waals surface area contributed by atoms with Gasteiger partial charge in [-0.1, -0.05) is 0 Å². The van der Waals surface area contributed by atoms with Gasteiger partial charge in [0, 0.05) is 12.3 Å². The first-order valence-electron chi connectivity index (χ1n) is 5.88. The van der Waals surface area contributed by atoms with Crippen LogP contribution in [-0.2, 0) is 4.74 Å². The minimum atomic E-state index is -0.990. The van der Waals surface area contributed by atoms with Crippen molar-refractivity contribution in [1.82, 2.24) is 14.5 Å². The highest BCUT2D eigenvalue weighted by atomic mass is 16.5. The molecule has 3 N–H and O–H groups in total. The predicted molar refractivity (Wildman–Crippen MR) is 65.8 cm³/mol. The van der Waals surface area contributed by atoms with Gasteiger partial charge in [0.15, 0.2) is 6.23 Å². The van der Waals surface area contributed by atoms with Gasteiger partial charge >= 0.3 is 5.69 Å². The van der Waals surface area contributed by atoms with Crippen LogP contribution in [0.1, 0.15) is 6.23 Å². The van der Waals surface area contributed by atoms with E-state index in [2.05, 4.69) is 4.98 Å². The van der Waals surface area contributed by atoms with Crippen molar-refractivity contribution in [3.8, 4) is 0 Å². The molecule has 1 aromatic rings. The number of aromatic nitrogens is 2. The summed E-state index contributed by atoms with van der Waals surface area (Å²) in [7, 11) is 3.50. The summed E-state index contributed by atoms with van der Waals surface area (Å²) in [5, 5.41) is 19.5. The zero-order valence-electron chi connectivity index (χ0n) is 10.7. The Morgan fingerprint density at radius 3 is 2.63 bits per heavy atom. The molecular formula is C11H17N3O5.